The lowest BCUT2D eigenvalue weighted by atomic mass is 9.93. The Balaban J connectivity index is 1.68. The SMILES string of the molecule is Nc1cccc2c1CCN(C(=O)NC1CCC1)C2. The fraction of sp³-hybridized carbons (Fsp3) is 0.500. The van der Waals surface area contributed by atoms with Gasteiger partial charge in [-0.05, 0) is 42.9 Å². The number of nitrogens with zero attached hydrogens (tertiary/aromatic N) is 1. The van der Waals surface area contributed by atoms with Crippen molar-refractivity contribution in [1.29, 1.82) is 0 Å². The predicted octanol–water partition coefficient (Wildman–Crippen LogP) is 1.89. The minimum atomic E-state index is 0.0766. The van der Waals surface area contributed by atoms with Crippen molar-refractivity contribution < 1.29 is 4.79 Å². The summed E-state index contributed by atoms with van der Waals surface area (Å²) in [4.78, 5) is 14.0. The molecule has 2 amide bonds. The molecule has 4 nitrogen and oxygen atoms in total. The van der Waals surface area contributed by atoms with Gasteiger partial charge in [0.15, 0.2) is 0 Å². The Morgan fingerprint density at radius 1 is 1.39 bits per heavy atom. The van der Waals surface area contributed by atoms with Crippen LogP contribution in [-0.4, -0.2) is 23.5 Å². The van der Waals surface area contributed by atoms with Crippen LogP contribution in [0.15, 0.2) is 18.2 Å². The summed E-state index contributed by atoms with van der Waals surface area (Å²) in [5.41, 5.74) is 9.21. The van der Waals surface area contributed by atoms with E-state index in [0.717, 1.165) is 31.5 Å². The van der Waals surface area contributed by atoms with E-state index in [4.69, 9.17) is 5.73 Å². The second-order valence-electron chi connectivity index (χ2n) is 5.23. The van der Waals surface area contributed by atoms with Crippen molar-refractivity contribution in [2.75, 3.05) is 12.3 Å². The largest absolute Gasteiger partial charge is 0.398 e. The van der Waals surface area contributed by atoms with E-state index in [-0.39, 0.29) is 6.03 Å². The van der Waals surface area contributed by atoms with Crippen LogP contribution in [0, 0.1) is 0 Å². The number of amides is 2. The average Bonchev–Trinajstić information content (AvgIpc) is 2.33. The fourth-order valence-electron chi connectivity index (χ4n) is 2.63. The van der Waals surface area contributed by atoms with E-state index in [2.05, 4.69) is 11.4 Å². The predicted molar refractivity (Wildman–Crippen MR) is 71.1 cm³/mol. The van der Waals surface area contributed by atoms with Crippen LogP contribution in [0.2, 0.25) is 0 Å². The third kappa shape index (κ3) is 2.03. The van der Waals surface area contributed by atoms with Crippen LogP contribution in [0.3, 0.4) is 0 Å². The molecule has 1 saturated carbocycles. The summed E-state index contributed by atoms with van der Waals surface area (Å²) in [6, 6.07) is 6.44. The van der Waals surface area contributed by atoms with Crippen molar-refractivity contribution in [2.24, 2.45) is 0 Å². The van der Waals surface area contributed by atoms with Gasteiger partial charge in [-0.25, -0.2) is 4.79 Å². The first-order valence-corrected chi connectivity index (χ1v) is 6.66. The smallest absolute Gasteiger partial charge is 0.317 e. The standard InChI is InChI=1S/C14H19N3O/c15-13-6-1-3-10-9-17(8-7-12(10)13)14(18)16-11-4-2-5-11/h1,3,6,11H,2,4-5,7-9,15H2,(H,16,18). The second-order valence-corrected chi connectivity index (χ2v) is 5.23. The monoisotopic (exact) mass is 245 g/mol. The lowest BCUT2D eigenvalue weighted by Gasteiger charge is -2.33. The van der Waals surface area contributed by atoms with E-state index < -0.39 is 0 Å². The molecule has 3 N–H and O–H groups in total. The molecule has 1 heterocycles. The summed E-state index contributed by atoms with van der Waals surface area (Å²) in [5, 5.41) is 3.09. The number of nitrogens with one attached hydrogen (secondary N) is 1. The zero-order valence-corrected chi connectivity index (χ0v) is 10.5. The van der Waals surface area contributed by atoms with Crippen LogP contribution >= 0.6 is 0 Å². The van der Waals surface area contributed by atoms with Gasteiger partial charge in [-0.2, -0.15) is 0 Å². The van der Waals surface area contributed by atoms with Crippen LogP contribution in [-0.2, 0) is 13.0 Å². The molecule has 0 bridgehead atoms. The highest BCUT2D eigenvalue weighted by atomic mass is 16.2. The molecule has 3 rings (SSSR count). The van der Waals surface area contributed by atoms with Crippen LogP contribution in [0.1, 0.15) is 30.4 Å². The van der Waals surface area contributed by atoms with Gasteiger partial charge in [-0.15, -0.1) is 0 Å². The highest BCUT2D eigenvalue weighted by Crippen LogP contribution is 2.24. The summed E-state index contributed by atoms with van der Waals surface area (Å²) < 4.78 is 0. The highest BCUT2D eigenvalue weighted by Gasteiger charge is 2.25. The number of urea groups is 1. The molecule has 1 aliphatic heterocycles. The van der Waals surface area contributed by atoms with E-state index >= 15 is 0 Å². The molecule has 1 aromatic rings. The van der Waals surface area contributed by atoms with E-state index in [1.807, 2.05) is 17.0 Å². The van der Waals surface area contributed by atoms with Crippen molar-refractivity contribution in [2.45, 2.75) is 38.3 Å². The number of nitrogens with two attached hydrogens (primary N) is 1. The van der Waals surface area contributed by atoms with Gasteiger partial charge in [0, 0.05) is 24.8 Å². The molecule has 0 unspecified atom stereocenters. The molecule has 0 radical (unpaired) electrons. The fourth-order valence-corrected chi connectivity index (χ4v) is 2.63. The van der Waals surface area contributed by atoms with E-state index in [0.29, 0.717) is 12.6 Å². The topological polar surface area (TPSA) is 58.4 Å². The Labute approximate surface area is 107 Å². The van der Waals surface area contributed by atoms with Gasteiger partial charge >= 0.3 is 6.03 Å². The maximum Gasteiger partial charge on any atom is 0.317 e. The van der Waals surface area contributed by atoms with Gasteiger partial charge in [0.1, 0.15) is 0 Å². The Morgan fingerprint density at radius 3 is 2.94 bits per heavy atom. The van der Waals surface area contributed by atoms with Gasteiger partial charge in [0.2, 0.25) is 0 Å². The molecule has 1 aliphatic carbocycles. The number of hydrogen-bond donors (Lipinski definition) is 2. The number of hydrogen-bond acceptors (Lipinski definition) is 2. The third-order valence-electron chi connectivity index (χ3n) is 4.02. The number of carbonyl (C=O) groups is 1. The molecule has 0 saturated heterocycles. The summed E-state index contributed by atoms with van der Waals surface area (Å²) in [6.07, 6.45) is 4.36. The molecule has 18 heavy (non-hydrogen) atoms. The molecule has 1 fully saturated rings. The number of anilines is 1. The van der Waals surface area contributed by atoms with Gasteiger partial charge < -0.3 is 16.0 Å². The van der Waals surface area contributed by atoms with Gasteiger partial charge in [0.25, 0.3) is 0 Å². The van der Waals surface area contributed by atoms with Crippen LogP contribution < -0.4 is 11.1 Å². The average molecular weight is 245 g/mol. The number of nitrogen functional groups attached to an aromatic ring is 1. The van der Waals surface area contributed by atoms with Gasteiger partial charge in [0.05, 0.1) is 0 Å². The Morgan fingerprint density at radius 2 is 2.22 bits per heavy atom. The van der Waals surface area contributed by atoms with Crippen LogP contribution in [0.25, 0.3) is 0 Å². The first-order chi connectivity index (χ1) is 8.74. The minimum Gasteiger partial charge on any atom is -0.398 e. The summed E-state index contributed by atoms with van der Waals surface area (Å²) >= 11 is 0. The zero-order valence-electron chi connectivity index (χ0n) is 10.5. The molecule has 96 valence electrons. The highest BCUT2D eigenvalue weighted by molar-refractivity contribution is 5.75. The van der Waals surface area contributed by atoms with Gasteiger partial charge in [-0.1, -0.05) is 12.1 Å². The lowest BCUT2D eigenvalue weighted by Crippen LogP contribution is -2.48. The van der Waals surface area contributed by atoms with Gasteiger partial charge in [-0.3, -0.25) is 0 Å². The minimum absolute atomic E-state index is 0.0766. The molecular weight excluding hydrogens is 226 g/mol. The van der Waals surface area contributed by atoms with Crippen molar-refractivity contribution in [3.63, 3.8) is 0 Å². The summed E-state index contributed by atoms with van der Waals surface area (Å²) in [6.45, 7) is 1.44. The molecule has 0 spiro atoms. The van der Waals surface area contributed by atoms with Crippen molar-refractivity contribution in [1.82, 2.24) is 10.2 Å². The molecule has 2 aliphatic rings. The van der Waals surface area contributed by atoms with Crippen LogP contribution in [0.5, 0.6) is 0 Å². The Bertz CT molecular complexity index is 468. The Kier molecular flexibility index (Phi) is 2.86. The Hall–Kier alpha value is -1.71. The first-order valence-electron chi connectivity index (χ1n) is 6.66. The summed E-state index contributed by atoms with van der Waals surface area (Å²) in [7, 11) is 0. The van der Waals surface area contributed by atoms with E-state index in [1.54, 1.807) is 0 Å². The number of rotatable bonds is 1. The maximum absolute atomic E-state index is 12.1. The van der Waals surface area contributed by atoms with E-state index in [1.165, 1.54) is 17.5 Å². The van der Waals surface area contributed by atoms with Crippen molar-refractivity contribution >= 4 is 11.7 Å². The van der Waals surface area contributed by atoms with E-state index in [9.17, 15) is 4.79 Å². The second kappa shape index (κ2) is 4.52. The lowest BCUT2D eigenvalue weighted by molar-refractivity contribution is 0.181. The number of fused-ring (bicyclic) bond motifs is 1. The molecule has 0 aromatic heterocycles. The molecule has 1 aromatic carbocycles. The zero-order chi connectivity index (χ0) is 12.5. The molecular formula is C14H19N3O. The van der Waals surface area contributed by atoms with Crippen molar-refractivity contribution in [3.8, 4) is 0 Å². The number of benzene rings is 1. The van der Waals surface area contributed by atoms with Crippen molar-refractivity contribution in [3.05, 3.63) is 29.3 Å². The molecule has 4 heteroatoms. The quantitative estimate of drug-likeness (QED) is 0.742. The number of carbonyl (C=O) groups excluding carboxylic acids is 1. The molecule has 0 atom stereocenters. The first kappa shape index (κ1) is 11.4. The normalized spacial score (nSPS) is 19.0. The third-order valence-corrected chi connectivity index (χ3v) is 4.02. The maximum atomic E-state index is 12.1. The van der Waals surface area contributed by atoms with Crippen LogP contribution in [0.4, 0.5) is 10.5 Å². The summed E-state index contributed by atoms with van der Waals surface area (Å²) in [5.74, 6) is 0.